The second-order valence-electron chi connectivity index (χ2n) is 33.1. The highest BCUT2D eigenvalue weighted by Crippen LogP contribution is 2.34. The summed E-state index contributed by atoms with van der Waals surface area (Å²) in [6.07, 6.45) is 0. The van der Waals surface area contributed by atoms with Crippen LogP contribution in [0.5, 0.6) is 0 Å². The second kappa shape index (κ2) is 72.2. The average molecular weight is 1870 g/mol. The average Bonchev–Trinajstić information content (AvgIpc) is 0.767. The number of benzene rings is 22. The first-order valence-corrected chi connectivity index (χ1v) is 50.9. The lowest BCUT2D eigenvalue weighted by Crippen LogP contribution is -1.87. The fourth-order valence-electron chi connectivity index (χ4n) is 15.0. The molecule has 0 amide bonds. The van der Waals surface area contributed by atoms with Crippen molar-refractivity contribution < 1.29 is 0 Å². The molecule has 0 saturated carbocycles. The molecule has 0 heteroatoms. The van der Waals surface area contributed by atoms with Gasteiger partial charge in [-0.05, 0) is 241 Å². The van der Waals surface area contributed by atoms with Gasteiger partial charge in [0.2, 0.25) is 0 Å². The summed E-state index contributed by atoms with van der Waals surface area (Å²) in [5.74, 6) is 0. The Morgan fingerprint density at radius 3 is 0.310 bits per heavy atom. The van der Waals surface area contributed by atoms with Crippen molar-refractivity contribution in [1.29, 1.82) is 0 Å². The summed E-state index contributed by atoms with van der Waals surface area (Å²) in [5.41, 5.74) is 21.6. The predicted molar refractivity (Wildman–Crippen MR) is 643 cm³/mol. The molecule has 142 heavy (non-hydrogen) atoms. The predicted octanol–water partition coefficient (Wildman–Crippen LogP) is 42.9. The lowest BCUT2D eigenvalue weighted by Gasteiger charge is -2.11. The van der Waals surface area contributed by atoms with Gasteiger partial charge < -0.3 is 0 Å². The van der Waals surface area contributed by atoms with Crippen molar-refractivity contribution in [3.8, 4) is 0 Å². The van der Waals surface area contributed by atoms with Crippen molar-refractivity contribution in [3.05, 3.63) is 599 Å². The fourth-order valence-corrected chi connectivity index (χ4v) is 15.0. The molecule has 0 saturated heterocycles. The van der Waals surface area contributed by atoms with Crippen molar-refractivity contribution in [1.82, 2.24) is 0 Å². The third-order valence-corrected chi connectivity index (χ3v) is 22.4. The SMILES string of the molecule is CC.CC.CC.CC.CC.Cc1c2ccccc2c(C)c2ccccc12.Cc1c2ccccc2c(C)c2ccccc12.Cc1ccc(C)c2ccccc12.Cc1ccc(C)c2ccccc12.Cc1ccc2cc(C)ccc2c1.Cc1ccc2cc(C)ccc2c1.Cc1ccccc1.Cc1ccccc1.Cc1ccccc1.Cc1ccccc1.c1ccccc1.c1ccccc1.c1ccccc1.c1ccccc1. The summed E-state index contributed by atoms with van der Waals surface area (Å²) in [6, 6.07) is 176. The first-order chi connectivity index (χ1) is 69.2. The van der Waals surface area contributed by atoms with Crippen molar-refractivity contribution >= 4 is 86.2 Å². The van der Waals surface area contributed by atoms with Gasteiger partial charge in [0, 0.05) is 0 Å². The van der Waals surface area contributed by atoms with Crippen LogP contribution in [0.25, 0.3) is 86.2 Å². The summed E-state index contributed by atoms with van der Waals surface area (Å²) in [4.78, 5) is 0. The molecule has 0 N–H and O–H groups in total. The summed E-state index contributed by atoms with van der Waals surface area (Å²) >= 11 is 0. The second-order valence-corrected chi connectivity index (χ2v) is 33.1. The van der Waals surface area contributed by atoms with Gasteiger partial charge in [0.1, 0.15) is 0 Å². The van der Waals surface area contributed by atoms with E-state index in [0.29, 0.717) is 0 Å². The molecule has 0 unspecified atom stereocenters. The molecule has 0 aromatic heterocycles. The van der Waals surface area contributed by atoms with Gasteiger partial charge >= 0.3 is 0 Å². The number of aryl methyl sites for hydroxylation is 16. The van der Waals surface area contributed by atoms with E-state index in [2.05, 4.69) is 402 Å². The molecule has 0 aliphatic carbocycles. The third-order valence-electron chi connectivity index (χ3n) is 22.4. The molecule has 0 nitrogen and oxygen atoms in total. The highest BCUT2D eigenvalue weighted by molar-refractivity contribution is 6.06. The quantitative estimate of drug-likeness (QED) is 0.133. The largest absolute Gasteiger partial charge is 0.0683 e. The molecular weight excluding hydrogens is 1710 g/mol. The van der Waals surface area contributed by atoms with Crippen molar-refractivity contribution in [2.75, 3.05) is 0 Å². The molecule has 22 rings (SSSR count). The van der Waals surface area contributed by atoms with E-state index in [9.17, 15) is 0 Å². The maximum absolute atomic E-state index is 2.22. The summed E-state index contributed by atoms with van der Waals surface area (Å²) in [7, 11) is 0. The van der Waals surface area contributed by atoms with Gasteiger partial charge in [-0.25, -0.2) is 0 Å². The molecule has 730 valence electrons. The van der Waals surface area contributed by atoms with E-state index in [4.69, 9.17) is 0 Å². The normalized spacial score (nSPS) is 9.34. The molecule has 0 spiro atoms. The Morgan fingerprint density at radius 1 is 0.0915 bits per heavy atom. The van der Waals surface area contributed by atoms with E-state index in [-0.39, 0.29) is 0 Å². The fraction of sp³-hybridized carbons (Fsp3) is 0.183. The lowest BCUT2D eigenvalue weighted by molar-refractivity contribution is 1.46. The van der Waals surface area contributed by atoms with Gasteiger partial charge in [0.25, 0.3) is 0 Å². The number of hydrogen-bond acceptors (Lipinski definition) is 0. The Labute approximate surface area is 858 Å². The Morgan fingerprint density at radius 2 is 0.197 bits per heavy atom. The van der Waals surface area contributed by atoms with Gasteiger partial charge in [-0.3, -0.25) is 0 Å². The standard InChI is InChI=1S/2C16H14.4C12H12.4C7H8.4C6H6.5C2H6/c2*1-11-13-7-3-5-9-15(13)12(2)16-10-6-4-8-14(11)16;2*1-9-3-5-12-8-10(2)4-6-11(12)7-9;2*1-9-7-8-10(2)12-6-4-3-5-11(9)12;4*1-7-5-3-2-4-6-7;4*1-2-4-6-5-3-1;5*1-2/h2*3-10H,1-2H3;4*3-8H,1-2H3;4*2-6H,1H3;4*1-6H;5*1-2H3. The first-order valence-electron chi connectivity index (χ1n) is 50.9. The van der Waals surface area contributed by atoms with Crippen LogP contribution in [0.2, 0.25) is 0 Å². The number of hydrogen-bond donors (Lipinski definition) is 0. The van der Waals surface area contributed by atoms with E-state index in [1.165, 1.54) is 175 Å². The number of fused-ring (bicyclic) bond motifs is 8. The Hall–Kier alpha value is -15.1. The molecule has 22 aromatic carbocycles. The summed E-state index contributed by atoms with van der Waals surface area (Å²) in [5, 5.41) is 21.8. The minimum absolute atomic E-state index is 1.32. The molecule has 0 fully saturated rings. The molecular formula is C142H162. The van der Waals surface area contributed by atoms with Crippen LogP contribution in [-0.4, -0.2) is 0 Å². The minimum atomic E-state index is 1.32. The van der Waals surface area contributed by atoms with Gasteiger partial charge in [0.15, 0.2) is 0 Å². The van der Waals surface area contributed by atoms with Gasteiger partial charge in [-0.1, -0.05) is 623 Å². The van der Waals surface area contributed by atoms with Gasteiger partial charge in [-0.15, -0.1) is 0 Å². The van der Waals surface area contributed by atoms with Gasteiger partial charge in [-0.2, -0.15) is 0 Å². The van der Waals surface area contributed by atoms with Crippen molar-refractivity contribution in [3.63, 3.8) is 0 Å². The van der Waals surface area contributed by atoms with Crippen LogP contribution >= 0.6 is 0 Å². The van der Waals surface area contributed by atoms with Crippen LogP contribution in [0.4, 0.5) is 0 Å². The minimum Gasteiger partial charge on any atom is -0.0683 e. The molecule has 0 aliphatic rings. The Kier molecular flexibility index (Phi) is 60.7. The van der Waals surface area contributed by atoms with E-state index in [1.807, 2.05) is 288 Å². The third kappa shape index (κ3) is 43.9. The zero-order chi connectivity index (χ0) is 104. The van der Waals surface area contributed by atoms with Crippen LogP contribution in [-0.2, 0) is 0 Å². The maximum Gasteiger partial charge on any atom is -0.0146 e. The van der Waals surface area contributed by atoms with E-state index >= 15 is 0 Å². The molecule has 0 aliphatic heterocycles. The smallest absolute Gasteiger partial charge is 0.0146 e. The summed E-state index contributed by atoms with van der Waals surface area (Å²) in [6.45, 7) is 54.3. The van der Waals surface area contributed by atoms with Crippen LogP contribution in [0.1, 0.15) is 158 Å². The zero-order valence-electron chi connectivity index (χ0n) is 90.5. The molecule has 0 heterocycles. The van der Waals surface area contributed by atoms with Gasteiger partial charge in [0.05, 0.1) is 0 Å². The van der Waals surface area contributed by atoms with Crippen LogP contribution in [0.15, 0.2) is 510 Å². The molecule has 22 aromatic rings. The molecule has 0 radical (unpaired) electrons. The number of rotatable bonds is 0. The first kappa shape index (κ1) is 119. The van der Waals surface area contributed by atoms with Crippen molar-refractivity contribution in [2.45, 2.75) is 180 Å². The molecule has 0 bridgehead atoms. The zero-order valence-corrected chi connectivity index (χ0v) is 90.5. The van der Waals surface area contributed by atoms with E-state index in [1.54, 1.807) is 0 Å². The van der Waals surface area contributed by atoms with Crippen LogP contribution < -0.4 is 0 Å². The van der Waals surface area contributed by atoms with E-state index in [0.717, 1.165) is 0 Å². The molecule has 0 atom stereocenters. The van der Waals surface area contributed by atoms with Crippen LogP contribution in [0.3, 0.4) is 0 Å². The summed E-state index contributed by atoms with van der Waals surface area (Å²) < 4.78 is 0. The Balaban J connectivity index is 0.000000321. The highest BCUT2D eigenvalue weighted by Gasteiger charge is 2.09. The highest BCUT2D eigenvalue weighted by atomic mass is 14.1. The maximum atomic E-state index is 2.22. The lowest BCUT2D eigenvalue weighted by atomic mass is 9.93. The monoisotopic (exact) mass is 1870 g/mol. The van der Waals surface area contributed by atoms with Crippen molar-refractivity contribution in [2.24, 2.45) is 0 Å². The topological polar surface area (TPSA) is 0 Å². The Bertz CT molecular complexity index is 5940. The van der Waals surface area contributed by atoms with Crippen LogP contribution in [0, 0.1) is 111 Å². The van der Waals surface area contributed by atoms with E-state index < -0.39 is 0 Å².